The van der Waals surface area contributed by atoms with E-state index in [-0.39, 0.29) is 147 Å². The van der Waals surface area contributed by atoms with E-state index in [4.69, 9.17) is 75.8 Å². The molecule has 0 saturated heterocycles. The van der Waals surface area contributed by atoms with Crippen LogP contribution in [0.3, 0.4) is 0 Å². The molecule has 0 saturated carbocycles. The first kappa shape index (κ1) is 73.2. The number of nitrogens with zero attached hydrogens (tertiary/aromatic N) is 4. The zero-order valence-electron chi connectivity index (χ0n) is 51.5. The van der Waals surface area contributed by atoms with Crippen LogP contribution in [0.15, 0.2) is 48.5 Å². The Balaban J connectivity index is 1.53. The van der Waals surface area contributed by atoms with Crippen molar-refractivity contribution >= 4 is 23.9 Å². The van der Waals surface area contributed by atoms with E-state index < -0.39 is 23.9 Å². The fourth-order valence-corrected chi connectivity index (χ4v) is 6.83. The van der Waals surface area contributed by atoms with Gasteiger partial charge in [0.1, 0.15) is 72.0 Å². The summed E-state index contributed by atoms with van der Waals surface area (Å²) in [5.41, 5.74) is 0.825. The van der Waals surface area contributed by atoms with Gasteiger partial charge in [-0.25, -0.2) is 39.1 Å². The quantitative estimate of drug-likeness (QED) is 0.0268. The zero-order chi connectivity index (χ0) is 65.3. The van der Waals surface area contributed by atoms with Gasteiger partial charge in [0.05, 0.1) is 154 Å². The molecule has 0 aromatic carbocycles. The highest BCUT2D eigenvalue weighted by molar-refractivity contribution is 5.92. The van der Waals surface area contributed by atoms with Gasteiger partial charge in [0.2, 0.25) is 0 Å². The number of hydrogen-bond acceptors (Lipinski definition) is 24. The first-order valence-corrected chi connectivity index (χ1v) is 28.6. The summed E-state index contributed by atoms with van der Waals surface area (Å²) in [6.07, 6.45) is 0. The van der Waals surface area contributed by atoms with Crippen LogP contribution in [-0.2, 0) is 75.8 Å². The molecule has 0 atom stereocenters. The third kappa shape index (κ3) is 31.8. The molecular formula is C68H68N4O20. The predicted molar refractivity (Wildman–Crippen MR) is 327 cm³/mol. The highest BCUT2D eigenvalue weighted by Gasteiger charge is 2.15. The predicted octanol–water partition coefficient (Wildman–Crippen LogP) is 2.54. The average molecular weight is 1260 g/mol. The second kappa shape index (κ2) is 46.5. The van der Waals surface area contributed by atoms with Gasteiger partial charge in [-0.3, -0.25) is 0 Å². The summed E-state index contributed by atoms with van der Waals surface area (Å²) in [7, 11) is 6.29. The van der Waals surface area contributed by atoms with E-state index in [9.17, 15) is 19.2 Å². The SMILES string of the molecule is COCCOCCOCCOC(=O)c1cc2nc(c1)C#CC#Cc1cc(C(=O)OCCOCCOCCOC)cc(n1)C#CC#Cc1cc(C(=O)OCCOCCOCCOC)cc(n1)C#CC#Cc1cc(C(=O)OCCOCCOCCOC)cc(n1)C#CC#C2. The van der Waals surface area contributed by atoms with Crippen molar-refractivity contribution in [3.05, 3.63) is 116 Å². The largest absolute Gasteiger partial charge is 0.460 e. The molecule has 1 aliphatic heterocycles. The van der Waals surface area contributed by atoms with Crippen LogP contribution >= 0.6 is 0 Å². The van der Waals surface area contributed by atoms with E-state index in [1.807, 2.05) is 0 Å². The van der Waals surface area contributed by atoms with E-state index in [1.54, 1.807) is 28.4 Å². The molecule has 0 amide bonds. The van der Waals surface area contributed by atoms with Crippen LogP contribution in [0.2, 0.25) is 0 Å². The highest BCUT2D eigenvalue weighted by Crippen LogP contribution is 2.12. The Kier molecular flexibility index (Phi) is 37.0. The molecule has 0 spiro atoms. The molecule has 8 bridgehead atoms. The number of hydrogen-bond donors (Lipinski definition) is 0. The van der Waals surface area contributed by atoms with E-state index >= 15 is 0 Å². The summed E-state index contributed by atoms with van der Waals surface area (Å²) in [6, 6.07) is 11.2. The topological polar surface area (TPSA) is 268 Å². The Labute approximate surface area is 534 Å². The maximum atomic E-state index is 13.4. The average Bonchev–Trinajstić information content (AvgIpc) is 2.60. The second-order valence-electron chi connectivity index (χ2n) is 17.9. The molecule has 480 valence electrons. The maximum absolute atomic E-state index is 13.4. The fraction of sp³-hybridized carbons (Fsp3) is 0.412. The second-order valence-corrected chi connectivity index (χ2v) is 17.9. The number of aromatic nitrogens is 4. The van der Waals surface area contributed by atoms with Gasteiger partial charge in [-0.15, -0.1) is 0 Å². The summed E-state index contributed by atoms with van der Waals surface area (Å²) in [6.45, 7) is 5.84. The van der Waals surface area contributed by atoms with Gasteiger partial charge in [-0.2, -0.15) is 0 Å². The summed E-state index contributed by atoms with van der Waals surface area (Å²) in [4.78, 5) is 71.7. The molecule has 0 radical (unpaired) electrons. The first-order valence-electron chi connectivity index (χ1n) is 28.6. The van der Waals surface area contributed by atoms with Gasteiger partial charge in [0, 0.05) is 28.4 Å². The lowest BCUT2D eigenvalue weighted by Crippen LogP contribution is -2.14. The van der Waals surface area contributed by atoms with Crippen LogP contribution in [0.25, 0.3) is 0 Å². The molecule has 0 fully saturated rings. The molecule has 24 heteroatoms. The number of carbonyl (C=O) groups is 4. The van der Waals surface area contributed by atoms with Gasteiger partial charge in [-0.05, 0) is 143 Å². The number of carbonyl (C=O) groups excluding carboxylic acids is 4. The van der Waals surface area contributed by atoms with Crippen LogP contribution in [0.4, 0.5) is 0 Å². The van der Waals surface area contributed by atoms with E-state index in [0.717, 1.165) is 0 Å². The summed E-state index contributed by atoms with van der Waals surface area (Å²) >= 11 is 0. The Bertz CT molecular complexity index is 2970. The minimum atomic E-state index is -0.723. The van der Waals surface area contributed by atoms with Gasteiger partial charge in [-0.1, -0.05) is 0 Å². The number of rotatable bonds is 40. The minimum absolute atomic E-state index is 0.0525. The van der Waals surface area contributed by atoms with Crippen LogP contribution < -0.4 is 0 Å². The van der Waals surface area contributed by atoms with E-state index in [0.29, 0.717) is 79.3 Å². The smallest absolute Gasteiger partial charge is 0.338 e. The van der Waals surface area contributed by atoms with Gasteiger partial charge in [0.25, 0.3) is 0 Å². The summed E-state index contributed by atoms with van der Waals surface area (Å²) < 4.78 is 85.5. The van der Waals surface area contributed by atoms with E-state index in [2.05, 4.69) is 115 Å². The molecule has 0 aliphatic carbocycles. The van der Waals surface area contributed by atoms with Crippen molar-refractivity contribution in [2.75, 3.05) is 187 Å². The number of fused-ring (bicyclic) bond motifs is 8. The van der Waals surface area contributed by atoms with E-state index in [1.165, 1.54) is 48.5 Å². The Morgan fingerprint density at radius 3 is 0.533 bits per heavy atom. The van der Waals surface area contributed by atoms with Crippen LogP contribution in [-0.4, -0.2) is 231 Å². The highest BCUT2D eigenvalue weighted by atomic mass is 16.6. The zero-order valence-corrected chi connectivity index (χ0v) is 51.5. The normalized spacial score (nSPS) is 10.8. The number of ether oxygens (including phenoxy) is 16. The van der Waals surface area contributed by atoms with Crippen molar-refractivity contribution in [1.82, 2.24) is 19.9 Å². The molecule has 0 unspecified atom stereocenters. The molecule has 24 nitrogen and oxygen atoms in total. The van der Waals surface area contributed by atoms with Gasteiger partial charge >= 0.3 is 23.9 Å². The molecule has 92 heavy (non-hydrogen) atoms. The van der Waals surface area contributed by atoms with Crippen molar-refractivity contribution in [3.63, 3.8) is 0 Å². The van der Waals surface area contributed by atoms with Crippen LogP contribution in [0, 0.1) is 94.7 Å². The molecule has 0 N–H and O–H groups in total. The molecule has 5 rings (SSSR count). The number of pyridine rings is 4. The lowest BCUT2D eigenvalue weighted by atomic mass is 10.1. The fourth-order valence-electron chi connectivity index (χ4n) is 6.83. The lowest BCUT2D eigenvalue weighted by Gasteiger charge is -2.07. The number of esters is 4. The Morgan fingerprint density at radius 2 is 0.380 bits per heavy atom. The molecule has 1 aliphatic rings. The third-order valence-corrected chi connectivity index (χ3v) is 11.1. The number of methoxy groups -OCH3 is 4. The molecule has 4 aromatic rings. The van der Waals surface area contributed by atoms with Crippen molar-refractivity contribution in [1.29, 1.82) is 0 Å². The van der Waals surface area contributed by atoms with Crippen molar-refractivity contribution < 1.29 is 95.0 Å². The standard InChI is InChI=1S/C68H68N4O20/c1-77-21-25-81-29-33-85-37-41-89-65(73)53-45-57-13-5-7-15-59-47-54(66(74)90-42-38-86-34-30-82-26-22-78-2)49-61(70-59)17-9-11-19-63-51-56(68(76)92-44-40-88-36-32-84-28-24-80-4)52-64(72-63)20-12-10-18-62-50-55(48-60(71-62)16-8-6-14-58(46-53)69-57)67(75)91-43-39-87-35-31-83-27-23-79-3/h45-52H,21-44H2,1-4H3. The minimum Gasteiger partial charge on any atom is -0.460 e. The van der Waals surface area contributed by atoms with Crippen molar-refractivity contribution in [2.24, 2.45) is 0 Å². The van der Waals surface area contributed by atoms with Gasteiger partial charge < -0.3 is 75.8 Å². The van der Waals surface area contributed by atoms with Gasteiger partial charge in [0.15, 0.2) is 0 Å². The Hall–Kier alpha value is -9.52. The first-order chi connectivity index (χ1) is 45.2. The monoisotopic (exact) mass is 1260 g/mol. The molecule has 4 aromatic heterocycles. The summed E-state index contributed by atoms with van der Waals surface area (Å²) in [5, 5.41) is 0. The van der Waals surface area contributed by atoms with Crippen molar-refractivity contribution in [2.45, 2.75) is 0 Å². The Morgan fingerprint density at radius 1 is 0.239 bits per heavy atom. The lowest BCUT2D eigenvalue weighted by molar-refractivity contribution is 0.00551. The third-order valence-electron chi connectivity index (χ3n) is 11.1. The molecule has 5 heterocycles. The molecular weight excluding hydrogens is 1190 g/mol. The van der Waals surface area contributed by atoms with Crippen molar-refractivity contribution in [3.8, 4) is 94.7 Å². The maximum Gasteiger partial charge on any atom is 0.338 e. The van der Waals surface area contributed by atoms with Crippen LogP contribution in [0.1, 0.15) is 87.0 Å². The van der Waals surface area contributed by atoms with Crippen LogP contribution in [0.5, 0.6) is 0 Å². The summed E-state index contributed by atoms with van der Waals surface area (Å²) in [5.74, 6) is 41.3.